The van der Waals surface area contributed by atoms with Crippen LogP contribution < -0.4 is 5.43 Å². The number of aromatic nitrogens is 2. The first-order valence-electron chi connectivity index (χ1n) is 8.88. The van der Waals surface area contributed by atoms with E-state index < -0.39 is 0 Å². The quantitative estimate of drug-likeness (QED) is 0.715. The molecule has 1 atom stereocenters. The lowest BCUT2D eigenvalue weighted by atomic mass is 10.1. The van der Waals surface area contributed by atoms with Gasteiger partial charge in [0, 0.05) is 31.4 Å². The number of likely N-dealkylation sites (tertiary alicyclic amines) is 1. The largest absolute Gasteiger partial charge is 0.350 e. The van der Waals surface area contributed by atoms with Crippen LogP contribution in [0.15, 0.2) is 53.6 Å². The number of carbonyl (C=O) groups excluding carboxylic acids is 1. The topological polar surface area (TPSA) is 55.2 Å². The van der Waals surface area contributed by atoms with Gasteiger partial charge >= 0.3 is 0 Å². The molecule has 0 unspecified atom stereocenters. The predicted octanol–water partition coefficient (Wildman–Crippen LogP) is 3.22. The summed E-state index contributed by atoms with van der Waals surface area (Å²) in [6.45, 7) is 2.60. The summed E-state index contributed by atoms with van der Waals surface area (Å²) in [7, 11) is 1.87. The molecule has 0 N–H and O–H groups in total. The zero-order valence-corrected chi connectivity index (χ0v) is 15.0. The number of hydrogen-bond acceptors (Lipinski definition) is 3. The van der Waals surface area contributed by atoms with Crippen molar-refractivity contribution in [2.75, 3.05) is 6.54 Å². The van der Waals surface area contributed by atoms with E-state index in [9.17, 15) is 9.59 Å². The van der Waals surface area contributed by atoms with Crippen molar-refractivity contribution in [3.63, 3.8) is 0 Å². The number of aryl methyl sites for hydroxylation is 2. The standard InChI is InChI=1S/C21H21N3O2/c1-14-8-9-18-15(12-14)20(25)16(13-23(18)2)21(26)24-11-5-7-19(24)17-6-3-4-10-22-17/h3-4,6,8-10,12-13,19H,5,7,11H2,1-2H3/t19-/m0/s1. The zero-order chi connectivity index (χ0) is 18.3. The highest BCUT2D eigenvalue weighted by Gasteiger charge is 2.32. The van der Waals surface area contributed by atoms with Gasteiger partial charge in [-0.3, -0.25) is 14.6 Å². The molecule has 132 valence electrons. The van der Waals surface area contributed by atoms with Crippen molar-refractivity contribution in [3.05, 3.63) is 75.8 Å². The third-order valence-corrected chi connectivity index (χ3v) is 5.12. The van der Waals surface area contributed by atoms with Gasteiger partial charge < -0.3 is 9.47 Å². The van der Waals surface area contributed by atoms with E-state index in [4.69, 9.17) is 0 Å². The molecule has 1 aromatic carbocycles. The first-order valence-corrected chi connectivity index (χ1v) is 8.88. The molecule has 1 aliphatic heterocycles. The van der Waals surface area contributed by atoms with Crippen LogP contribution in [0.25, 0.3) is 10.9 Å². The zero-order valence-electron chi connectivity index (χ0n) is 15.0. The molecule has 0 bridgehead atoms. The Balaban J connectivity index is 1.79. The summed E-state index contributed by atoms with van der Waals surface area (Å²) in [5, 5.41) is 0.590. The van der Waals surface area contributed by atoms with Crippen molar-refractivity contribution < 1.29 is 4.79 Å². The van der Waals surface area contributed by atoms with Gasteiger partial charge in [0.05, 0.1) is 17.3 Å². The number of nitrogens with zero attached hydrogens (tertiary/aromatic N) is 3. The normalized spacial score (nSPS) is 17.0. The number of pyridine rings is 2. The Morgan fingerprint density at radius 2 is 2.08 bits per heavy atom. The fourth-order valence-corrected chi connectivity index (χ4v) is 3.80. The molecule has 1 fully saturated rings. The second-order valence-electron chi connectivity index (χ2n) is 6.91. The molecular formula is C21H21N3O2. The Labute approximate surface area is 151 Å². The molecule has 3 aromatic rings. The summed E-state index contributed by atoms with van der Waals surface area (Å²) in [4.78, 5) is 32.4. The summed E-state index contributed by atoms with van der Waals surface area (Å²) in [5.74, 6) is -0.206. The minimum absolute atomic E-state index is 0.0680. The maximum absolute atomic E-state index is 13.2. The van der Waals surface area contributed by atoms with Gasteiger partial charge in [0.25, 0.3) is 5.91 Å². The highest BCUT2D eigenvalue weighted by Crippen LogP contribution is 2.31. The van der Waals surface area contributed by atoms with E-state index in [1.54, 1.807) is 17.3 Å². The molecule has 1 saturated heterocycles. The third-order valence-electron chi connectivity index (χ3n) is 5.12. The number of hydrogen-bond donors (Lipinski definition) is 0. The van der Waals surface area contributed by atoms with Crippen molar-refractivity contribution >= 4 is 16.8 Å². The summed E-state index contributed by atoms with van der Waals surface area (Å²) in [6, 6.07) is 11.4. The molecule has 1 amide bonds. The average molecular weight is 347 g/mol. The Kier molecular flexibility index (Phi) is 4.07. The maximum atomic E-state index is 13.2. The van der Waals surface area contributed by atoms with Crippen LogP contribution in [0.1, 0.15) is 40.5 Å². The van der Waals surface area contributed by atoms with Gasteiger partial charge in [-0.2, -0.15) is 0 Å². The number of benzene rings is 1. The van der Waals surface area contributed by atoms with Crippen molar-refractivity contribution in [1.82, 2.24) is 14.5 Å². The lowest BCUT2D eigenvalue weighted by Gasteiger charge is -2.24. The summed E-state index contributed by atoms with van der Waals surface area (Å²) in [6.07, 6.45) is 5.19. The van der Waals surface area contributed by atoms with Gasteiger partial charge in [-0.1, -0.05) is 17.7 Å². The Morgan fingerprint density at radius 1 is 1.23 bits per heavy atom. The smallest absolute Gasteiger partial charge is 0.259 e. The van der Waals surface area contributed by atoms with E-state index in [0.29, 0.717) is 11.9 Å². The van der Waals surface area contributed by atoms with Gasteiger partial charge in [-0.25, -0.2) is 0 Å². The Morgan fingerprint density at radius 3 is 2.85 bits per heavy atom. The molecule has 1 aliphatic rings. The minimum atomic E-state index is -0.206. The predicted molar refractivity (Wildman–Crippen MR) is 101 cm³/mol. The fourth-order valence-electron chi connectivity index (χ4n) is 3.80. The summed E-state index contributed by atoms with van der Waals surface area (Å²) < 4.78 is 1.86. The second-order valence-corrected chi connectivity index (χ2v) is 6.91. The highest BCUT2D eigenvalue weighted by molar-refractivity contribution is 5.97. The second kappa shape index (κ2) is 6.41. The molecule has 2 aromatic heterocycles. The molecule has 0 saturated carbocycles. The Hall–Kier alpha value is -2.95. The van der Waals surface area contributed by atoms with Gasteiger partial charge in [-0.05, 0) is 44.0 Å². The van der Waals surface area contributed by atoms with Gasteiger partial charge in [-0.15, -0.1) is 0 Å². The van der Waals surface area contributed by atoms with Crippen molar-refractivity contribution in [3.8, 4) is 0 Å². The van der Waals surface area contributed by atoms with E-state index in [1.807, 2.05) is 54.9 Å². The summed E-state index contributed by atoms with van der Waals surface area (Å²) >= 11 is 0. The van der Waals surface area contributed by atoms with Gasteiger partial charge in [0.1, 0.15) is 5.56 Å². The van der Waals surface area contributed by atoms with E-state index in [0.717, 1.165) is 29.6 Å². The first kappa shape index (κ1) is 16.5. The van der Waals surface area contributed by atoms with Crippen LogP contribution in [-0.4, -0.2) is 26.9 Å². The van der Waals surface area contributed by atoms with Crippen molar-refractivity contribution in [2.45, 2.75) is 25.8 Å². The molecule has 0 aliphatic carbocycles. The van der Waals surface area contributed by atoms with Crippen LogP contribution in [0.2, 0.25) is 0 Å². The molecule has 5 nitrogen and oxygen atoms in total. The van der Waals surface area contributed by atoms with E-state index >= 15 is 0 Å². The maximum Gasteiger partial charge on any atom is 0.259 e. The first-order chi connectivity index (χ1) is 12.6. The van der Waals surface area contributed by atoms with Crippen LogP contribution in [0.3, 0.4) is 0 Å². The molecule has 5 heteroatoms. The van der Waals surface area contributed by atoms with Crippen LogP contribution in [-0.2, 0) is 7.05 Å². The molecule has 26 heavy (non-hydrogen) atoms. The highest BCUT2D eigenvalue weighted by atomic mass is 16.2. The van der Waals surface area contributed by atoms with Crippen LogP contribution >= 0.6 is 0 Å². The lowest BCUT2D eigenvalue weighted by Crippen LogP contribution is -2.34. The van der Waals surface area contributed by atoms with E-state index in [2.05, 4.69) is 4.98 Å². The van der Waals surface area contributed by atoms with Crippen LogP contribution in [0, 0.1) is 6.92 Å². The molecule has 4 rings (SSSR count). The lowest BCUT2D eigenvalue weighted by molar-refractivity contribution is 0.0731. The average Bonchev–Trinajstić information content (AvgIpc) is 3.14. The fraction of sp³-hybridized carbons (Fsp3) is 0.286. The van der Waals surface area contributed by atoms with Crippen LogP contribution in [0.4, 0.5) is 0 Å². The number of rotatable bonds is 2. The van der Waals surface area contributed by atoms with Crippen LogP contribution in [0.5, 0.6) is 0 Å². The minimum Gasteiger partial charge on any atom is -0.350 e. The SMILES string of the molecule is Cc1ccc2c(c1)c(=O)c(C(=O)N1CCC[C@H]1c1ccccn1)cn2C. The summed E-state index contributed by atoms with van der Waals surface area (Å²) in [5.41, 5.74) is 2.75. The third kappa shape index (κ3) is 2.69. The van der Waals surface area contributed by atoms with Crippen molar-refractivity contribution in [2.24, 2.45) is 7.05 Å². The molecule has 3 heterocycles. The Bertz CT molecular complexity index is 1040. The number of carbonyl (C=O) groups is 1. The van der Waals surface area contributed by atoms with E-state index in [1.165, 1.54) is 0 Å². The number of fused-ring (bicyclic) bond motifs is 1. The molecule has 0 spiro atoms. The molecule has 0 radical (unpaired) electrons. The monoisotopic (exact) mass is 347 g/mol. The van der Waals surface area contributed by atoms with Gasteiger partial charge in [0.15, 0.2) is 0 Å². The molecular weight excluding hydrogens is 326 g/mol. The van der Waals surface area contributed by atoms with Crippen molar-refractivity contribution in [1.29, 1.82) is 0 Å². The van der Waals surface area contributed by atoms with E-state index in [-0.39, 0.29) is 22.9 Å². The number of amides is 1. The van der Waals surface area contributed by atoms with Gasteiger partial charge in [0.2, 0.25) is 5.43 Å².